The largest absolute Gasteiger partial charge is 0.496 e. The molecule has 0 bridgehead atoms. The second-order valence-corrected chi connectivity index (χ2v) is 9.52. The Morgan fingerprint density at radius 2 is 1.92 bits per heavy atom. The summed E-state index contributed by atoms with van der Waals surface area (Å²) in [6.07, 6.45) is 1.64. The number of hydrogen-bond donors (Lipinski definition) is 2. The van der Waals surface area contributed by atoms with Crippen LogP contribution in [-0.4, -0.2) is 35.5 Å². The maximum Gasteiger partial charge on any atom is 0.324 e. The molecule has 2 amide bonds. The van der Waals surface area contributed by atoms with E-state index in [2.05, 4.69) is 10.3 Å². The molecule has 2 aromatic carbocycles. The lowest BCUT2D eigenvalue weighted by atomic mass is 10.1. The molecular formula is C25H27ClN4O5S. The quantitative estimate of drug-likeness (QED) is 0.424. The summed E-state index contributed by atoms with van der Waals surface area (Å²) in [6.45, 7) is 5.33. The van der Waals surface area contributed by atoms with Crippen LogP contribution in [0.25, 0.3) is 0 Å². The number of benzene rings is 2. The zero-order valence-electron chi connectivity index (χ0n) is 20.3. The number of carbonyl (C=O) groups excluding carboxylic acids is 3. The van der Waals surface area contributed by atoms with E-state index >= 15 is 0 Å². The average molecular weight is 531 g/mol. The second-order valence-electron chi connectivity index (χ2n) is 8.24. The lowest BCUT2D eigenvalue weighted by molar-refractivity contribution is -0.150. The molecule has 1 heterocycles. The van der Waals surface area contributed by atoms with Crippen molar-refractivity contribution in [2.75, 3.05) is 12.4 Å². The molecule has 36 heavy (non-hydrogen) atoms. The number of aromatic nitrogens is 1. The Morgan fingerprint density at radius 3 is 2.58 bits per heavy atom. The highest BCUT2D eigenvalue weighted by Gasteiger charge is 2.20. The third-order valence-corrected chi connectivity index (χ3v) is 6.46. The number of aryl methyl sites for hydroxylation is 1. The molecule has 1 atom stereocenters. The van der Waals surface area contributed by atoms with Crippen molar-refractivity contribution in [1.29, 1.82) is 0 Å². The van der Waals surface area contributed by atoms with Gasteiger partial charge < -0.3 is 20.5 Å². The number of carbonyl (C=O) groups is 3. The summed E-state index contributed by atoms with van der Waals surface area (Å²) in [7, 11) is 1.40. The van der Waals surface area contributed by atoms with Crippen LogP contribution in [0.15, 0.2) is 53.0 Å². The summed E-state index contributed by atoms with van der Waals surface area (Å²) in [4.78, 5) is 42.2. The van der Waals surface area contributed by atoms with Gasteiger partial charge in [0.2, 0.25) is 0 Å². The van der Waals surface area contributed by atoms with Crippen molar-refractivity contribution in [2.24, 2.45) is 16.6 Å². The first-order valence-electron chi connectivity index (χ1n) is 11.0. The van der Waals surface area contributed by atoms with Crippen LogP contribution in [0, 0.1) is 12.8 Å². The highest BCUT2D eigenvalue weighted by Crippen LogP contribution is 2.32. The van der Waals surface area contributed by atoms with Gasteiger partial charge in [0, 0.05) is 23.2 Å². The fourth-order valence-corrected chi connectivity index (χ4v) is 4.06. The lowest BCUT2D eigenvalue weighted by Gasteiger charge is -2.14. The smallest absolute Gasteiger partial charge is 0.324 e. The van der Waals surface area contributed by atoms with Gasteiger partial charge in [0.15, 0.2) is 11.5 Å². The van der Waals surface area contributed by atoms with E-state index in [0.29, 0.717) is 10.4 Å². The predicted molar refractivity (Wildman–Crippen MR) is 138 cm³/mol. The van der Waals surface area contributed by atoms with Crippen LogP contribution >= 0.6 is 22.9 Å². The highest BCUT2D eigenvalue weighted by atomic mass is 35.5. The van der Waals surface area contributed by atoms with Gasteiger partial charge in [-0.25, -0.2) is 0 Å². The summed E-state index contributed by atoms with van der Waals surface area (Å²) >= 11 is 7.58. The fourth-order valence-electron chi connectivity index (χ4n) is 3.14. The van der Waals surface area contributed by atoms with Gasteiger partial charge in [-0.3, -0.25) is 19.0 Å². The topological polar surface area (TPSA) is 125 Å². The molecule has 0 aliphatic rings. The van der Waals surface area contributed by atoms with E-state index in [4.69, 9.17) is 26.8 Å². The van der Waals surface area contributed by atoms with E-state index in [9.17, 15) is 14.4 Å². The van der Waals surface area contributed by atoms with Crippen LogP contribution in [0.3, 0.4) is 0 Å². The van der Waals surface area contributed by atoms with Crippen molar-refractivity contribution in [3.63, 3.8) is 0 Å². The number of nitrogens with two attached hydrogens (primary N) is 1. The number of amides is 2. The number of methoxy groups -OCH3 is 1. The molecule has 190 valence electrons. The summed E-state index contributed by atoms with van der Waals surface area (Å²) < 4.78 is 12.1. The zero-order valence-corrected chi connectivity index (χ0v) is 21.9. The van der Waals surface area contributed by atoms with Crippen molar-refractivity contribution in [2.45, 2.75) is 33.5 Å². The van der Waals surface area contributed by atoms with Gasteiger partial charge in [-0.2, -0.15) is 4.99 Å². The van der Waals surface area contributed by atoms with Gasteiger partial charge in [-0.1, -0.05) is 43.6 Å². The molecule has 0 spiro atoms. The summed E-state index contributed by atoms with van der Waals surface area (Å²) in [6, 6.07) is 9.26. The van der Waals surface area contributed by atoms with E-state index in [1.54, 1.807) is 23.7 Å². The molecule has 0 saturated heterocycles. The molecule has 0 fully saturated rings. The van der Waals surface area contributed by atoms with Gasteiger partial charge in [-0.05, 0) is 30.5 Å². The Kier molecular flexibility index (Phi) is 9.03. The SMILES string of the molecule is COc1cc(NC(=O)c2ccccc2C)c(Cl)cc1C(=O)/N=c1\sccn1COC(=O)[C@@H](N)C(C)C. The summed E-state index contributed by atoms with van der Waals surface area (Å²) in [5.41, 5.74) is 7.52. The third kappa shape index (κ3) is 6.39. The van der Waals surface area contributed by atoms with Crippen LogP contribution in [-0.2, 0) is 16.3 Å². The first kappa shape index (κ1) is 27.1. The molecule has 0 unspecified atom stereocenters. The number of anilines is 1. The van der Waals surface area contributed by atoms with Crippen LogP contribution < -0.4 is 20.6 Å². The predicted octanol–water partition coefficient (Wildman–Crippen LogP) is 4.00. The number of esters is 1. The standard InChI is InChI=1S/C25H27ClN4O5S/c1-14(2)21(27)24(33)35-13-30-9-10-36-25(30)29-23(32)17-11-18(26)19(12-20(17)34-4)28-22(31)16-8-6-5-7-15(16)3/h5-12,14,21H,13,27H2,1-4H3,(H,28,31)/b29-25-/t21-/m0/s1. The minimum absolute atomic E-state index is 0.0719. The maximum absolute atomic E-state index is 13.0. The molecular weight excluding hydrogens is 504 g/mol. The van der Waals surface area contributed by atoms with Crippen molar-refractivity contribution in [1.82, 2.24) is 4.57 Å². The van der Waals surface area contributed by atoms with Crippen LogP contribution in [0.5, 0.6) is 5.75 Å². The number of halogens is 1. The van der Waals surface area contributed by atoms with E-state index in [-0.39, 0.29) is 40.6 Å². The molecule has 1 aromatic heterocycles. The van der Waals surface area contributed by atoms with E-state index < -0.39 is 17.9 Å². The van der Waals surface area contributed by atoms with Crippen molar-refractivity contribution in [3.8, 4) is 5.75 Å². The monoisotopic (exact) mass is 530 g/mol. The first-order valence-corrected chi connectivity index (χ1v) is 12.3. The molecule has 3 N–H and O–H groups in total. The Bertz CT molecular complexity index is 1350. The molecule has 0 radical (unpaired) electrons. The number of nitrogens with one attached hydrogen (secondary N) is 1. The molecule has 0 aliphatic heterocycles. The third-order valence-electron chi connectivity index (χ3n) is 5.35. The minimum Gasteiger partial charge on any atom is -0.496 e. The highest BCUT2D eigenvalue weighted by molar-refractivity contribution is 7.07. The Balaban J connectivity index is 1.83. The zero-order chi connectivity index (χ0) is 26.4. The lowest BCUT2D eigenvalue weighted by Crippen LogP contribution is -2.37. The maximum atomic E-state index is 13.0. The Morgan fingerprint density at radius 1 is 1.19 bits per heavy atom. The van der Waals surface area contributed by atoms with Gasteiger partial charge >= 0.3 is 5.97 Å². The molecule has 11 heteroatoms. The summed E-state index contributed by atoms with van der Waals surface area (Å²) in [5, 5.41) is 4.60. The molecule has 3 rings (SSSR count). The number of rotatable bonds is 8. The van der Waals surface area contributed by atoms with Crippen LogP contribution in [0.4, 0.5) is 5.69 Å². The van der Waals surface area contributed by atoms with E-state index in [0.717, 1.165) is 5.56 Å². The Hall–Kier alpha value is -3.47. The number of nitrogens with zero attached hydrogens (tertiary/aromatic N) is 2. The normalized spacial score (nSPS) is 12.4. The van der Waals surface area contributed by atoms with Crippen molar-refractivity contribution < 1.29 is 23.9 Å². The van der Waals surface area contributed by atoms with Gasteiger partial charge in [0.05, 0.1) is 23.4 Å². The van der Waals surface area contributed by atoms with Gasteiger partial charge in [0.25, 0.3) is 11.8 Å². The van der Waals surface area contributed by atoms with Crippen molar-refractivity contribution in [3.05, 3.63) is 74.5 Å². The average Bonchev–Trinajstić information content (AvgIpc) is 3.29. The van der Waals surface area contributed by atoms with Crippen LogP contribution in [0.2, 0.25) is 5.02 Å². The molecule has 9 nitrogen and oxygen atoms in total. The molecule has 0 saturated carbocycles. The summed E-state index contributed by atoms with van der Waals surface area (Å²) in [5.74, 6) is -1.39. The first-order chi connectivity index (χ1) is 17.1. The number of ether oxygens (including phenoxy) is 2. The van der Waals surface area contributed by atoms with Crippen LogP contribution in [0.1, 0.15) is 40.1 Å². The van der Waals surface area contributed by atoms with E-state index in [1.165, 1.54) is 35.1 Å². The number of hydrogen-bond acceptors (Lipinski definition) is 7. The molecule has 3 aromatic rings. The van der Waals surface area contributed by atoms with E-state index in [1.807, 2.05) is 32.9 Å². The Labute approximate surface area is 217 Å². The van der Waals surface area contributed by atoms with Gasteiger partial charge in [-0.15, -0.1) is 11.3 Å². The fraction of sp³-hybridized carbons (Fsp3) is 0.280. The van der Waals surface area contributed by atoms with Crippen molar-refractivity contribution >= 4 is 46.4 Å². The second kappa shape index (κ2) is 12.0. The molecule has 0 aliphatic carbocycles. The minimum atomic E-state index is -0.748. The van der Waals surface area contributed by atoms with Gasteiger partial charge in [0.1, 0.15) is 11.8 Å². The number of thiazole rings is 1.